The Bertz CT molecular complexity index is 1340. The smallest absolute Gasteiger partial charge is 0.222 e. The summed E-state index contributed by atoms with van der Waals surface area (Å²) in [5.41, 5.74) is 13.5. The third kappa shape index (κ3) is 4.16. The molecule has 0 radical (unpaired) electrons. The summed E-state index contributed by atoms with van der Waals surface area (Å²) in [6.07, 6.45) is 0. The van der Waals surface area contributed by atoms with E-state index in [2.05, 4.69) is 64.8 Å². The van der Waals surface area contributed by atoms with Gasteiger partial charge in [-0.05, 0) is 54.8 Å². The standard InChI is InChI=1S/C30H34FN5O/c1-19(2)35-10-12-36(13-11-35)23-7-4-21(5-8-23)25-15-26(29(32)34-28(25)31)22-6-9-24-20(3)33-16-30(17-37-18-30)27(24)14-22/h4-9,14-15,19,33H,3,10-13,16-18H2,1-2H3,(H2,32,34). The summed E-state index contributed by atoms with van der Waals surface area (Å²) in [6, 6.07) is 16.7. The summed E-state index contributed by atoms with van der Waals surface area (Å²) in [5.74, 6) is -0.369. The van der Waals surface area contributed by atoms with Crippen molar-refractivity contribution in [1.82, 2.24) is 15.2 Å². The number of pyridine rings is 1. The minimum atomic E-state index is -0.557. The molecule has 2 fully saturated rings. The molecule has 6 nitrogen and oxygen atoms in total. The van der Waals surface area contributed by atoms with E-state index in [1.807, 2.05) is 24.3 Å². The summed E-state index contributed by atoms with van der Waals surface area (Å²) in [6.45, 7) is 14.9. The van der Waals surface area contributed by atoms with Crippen LogP contribution in [0.3, 0.4) is 0 Å². The van der Waals surface area contributed by atoms with Gasteiger partial charge in [0.05, 0.1) is 18.6 Å². The Hall–Kier alpha value is -3.42. The summed E-state index contributed by atoms with van der Waals surface area (Å²) >= 11 is 0. The number of piperazine rings is 1. The Morgan fingerprint density at radius 1 is 0.973 bits per heavy atom. The molecule has 37 heavy (non-hydrogen) atoms. The normalized spacial score (nSPS) is 19.0. The molecule has 0 aliphatic carbocycles. The first-order valence-corrected chi connectivity index (χ1v) is 13.1. The molecule has 3 aliphatic heterocycles. The van der Waals surface area contributed by atoms with Gasteiger partial charge in [-0.1, -0.05) is 30.8 Å². The number of rotatable bonds is 4. The summed E-state index contributed by atoms with van der Waals surface area (Å²) in [5, 5.41) is 3.41. The monoisotopic (exact) mass is 499 g/mol. The average molecular weight is 500 g/mol. The Labute approximate surface area is 217 Å². The highest BCUT2D eigenvalue weighted by Gasteiger charge is 2.44. The van der Waals surface area contributed by atoms with Crippen molar-refractivity contribution in [2.75, 3.05) is 56.6 Å². The molecule has 4 heterocycles. The Morgan fingerprint density at radius 2 is 1.68 bits per heavy atom. The van der Waals surface area contributed by atoms with Gasteiger partial charge in [-0.25, -0.2) is 4.98 Å². The number of ether oxygens (including phenoxy) is 1. The molecule has 0 atom stereocenters. The maximum Gasteiger partial charge on any atom is 0.222 e. The predicted octanol–water partition coefficient (Wildman–Crippen LogP) is 4.51. The number of nitrogens with zero attached hydrogens (tertiary/aromatic N) is 3. The molecule has 0 amide bonds. The number of nitrogens with one attached hydrogen (secondary N) is 1. The molecule has 3 N–H and O–H groups in total. The lowest BCUT2D eigenvalue weighted by Gasteiger charge is -2.46. The molecule has 2 saturated heterocycles. The van der Waals surface area contributed by atoms with Crippen LogP contribution in [0.2, 0.25) is 0 Å². The summed E-state index contributed by atoms with van der Waals surface area (Å²) in [4.78, 5) is 8.99. The van der Waals surface area contributed by atoms with E-state index in [-0.39, 0.29) is 11.2 Å². The molecule has 7 heteroatoms. The second-order valence-corrected chi connectivity index (χ2v) is 10.8. The van der Waals surface area contributed by atoms with Crippen LogP contribution >= 0.6 is 0 Å². The van der Waals surface area contributed by atoms with Gasteiger partial charge < -0.3 is 20.7 Å². The third-order valence-corrected chi connectivity index (χ3v) is 8.22. The Kier molecular flexibility index (Phi) is 5.92. The first kappa shape index (κ1) is 23.9. The fourth-order valence-corrected chi connectivity index (χ4v) is 5.77. The fourth-order valence-electron chi connectivity index (χ4n) is 5.77. The average Bonchev–Trinajstić information content (AvgIpc) is 2.88. The maximum atomic E-state index is 15.1. The van der Waals surface area contributed by atoms with Crippen LogP contribution in [0, 0.1) is 5.95 Å². The summed E-state index contributed by atoms with van der Waals surface area (Å²) < 4.78 is 20.7. The molecule has 3 aliphatic rings. The first-order chi connectivity index (χ1) is 17.8. The molecule has 1 aromatic heterocycles. The number of nitrogen functional groups attached to an aromatic ring is 1. The molecule has 0 unspecified atom stereocenters. The molecule has 1 spiro atoms. The van der Waals surface area contributed by atoms with Crippen LogP contribution in [-0.2, 0) is 10.2 Å². The number of aromatic nitrogens is 1. The SMILES string of the molecule is C=C1NCC2(COC2)c2cc(-c3cc(-c4ccc(N5CCN(C(C)C)CC5)cc4)c(F)nc3N)ccc21. The second kappa shape index (κ2) is 9.15. The van der Waals surface area contributed by atoms with Gasteiger partial charge >= 0.3 is 0 Å². The van der Waals surface area contributed by atoms with Crippen LogP contribution in [0.5, 0.6) is 0 Å². The number of anilines is 2. The van der Waals surface area contributed by atoms with Crippen molar-refractivity contribution in [3.63, 3.8) is 0 Å². The first-order valence-electron chi connectivity index (χ1n) is 13.1. The Balaban J connectivity index is 1.30. The van der Waals surface area contributed by atoms with Crippen molar-refractivity contribution in [3.8, 4) is 22.3 Å². The van der Waals surface area contributed by atoms with Crippen LogP contribution < -0.4 is 16.0 Å². The van der Waals surface area contributed by atoms with Crippen LogP contribution in [0.1, 0.15) is 25.0 Å². The number of hydrogen-bond acceptors (Lipinski definition) is 6. The van der Waals surface area contributed by atoms with Gasteiger partial charge in [0.1, 0.15) is 5.82 Å². The van der Waals surface area contributed by atoms with E-state index in [1.54, 1.807) is 0 Å². The molecular weight excluding hydrogens is 465 g/mol. The van der Waals surface area contributed by atoms with Crippen molar-refractivity contribution in [2.24, 2.45) is 0 Å². The minimum Gasteiger partial charge on any atom is -0.384 e. The van der Waals surface area contributed by atoms with E-state index in [9.17, 15) is 0 Å². The topological polar surface area (TPSA) is 66.7 Å². The van der Waals surface area contributed by atoms with E-state index in [0.29, 0.717) is 24.8 Å². The number of halogens is 1. The highest BCUT2D eigenvalue weighted by atomic mass is 19.1. The van der Waals surface area contributed by atoms with Gasteiger partial charge in [0.25, 0.3) is 0 Å². The zero-order valence-electron chi connectivity index (χ0n) is 21.6. The quantitative estimate of drug-likeness (QED) is 0.515. The zero-order valence-corrected chi connectivity index (χ0v) is 21.6. The second-order valence-electron chi connectivity index (χ2n) is 10.8. The molecule has 3 aromatic rings. The van der Waals surface area contributed by atoms with Crippen LogP contribution in [-0.4, -0.2) is 61.9 Å². The lowest BCUT2D eigenvalue weighted by Crippen LogP contribution is -2.55. The zero-order chi connectivity index (χ0) is 25.7. The van der Waals surface area contributed by atoms with Crippen molar-refractivity contribution in [1.29, 1.82) is 0 Å². The predicted molar refractivity (Wildman–Crippen MR) is 148 cm³/mol. The molecule has 2 aromatic carbocycles. The highest BCUT2D eigenvalue weighted by Crippen LogP contribution is 2.42. The number of benzene rings is 2. The lowest BCUT2D eigenvalue weighted by molar-refractivity contribution is -0.0589. The third-order valence-electron chi connectivity index (χ3n) is 8.22. The largest absolute Gasteiger partial charge is 0.384 e. The van der Waals surface area contributed by atoms with Crippen LogP contribution in [0.4, 0.5) is 15.9 Å². The van der Waals surface area contributed by atoms with Crippen molar-refractivity contribution in [2.45, 2.75) is 25.3 Å². The van der Waals surface area contributed by atoms with Gasteiger partial charge in [0, 0.05) is 66.8 Å². The van der Waals surface area contributed by atoms with Crippen molar-refractivity contribution < 1.29 is 9.13 Å². The van der Waals surface area contributed by atoms with Crippen molar-refractivity contribution >= 4 is 17.2 Å². The molecule has 0 saturated carbocycles. The van der Waals surface area contributed by atoms with E-state index in [4.69, 9.17) is 10.5 Å². The van der Waals surface area contributed by atoms with E-state index < -0.39 is 5.95 Å². The number of hydrogen-bond donors (Lipinski definition) is 2. The van der Waals surface area contributed by atoms with Gasteiger partial charge in [0.2, 0.25) is 5.95 Å². The van der Waals surface area contributed by atoms with Gasteiger partial charge in [-0.15, -0.1) is 0 Å². The highest BCUT2D eigenvalue weighted by molar-refractivity contribution is 5.82. The minimum absolute atomic E-state index is 0.0614. The van der Waals surface area contributed by atoms with Crippen molar-refractivity contribution in [3.05, 3.63) is 72.2 Å². The van der Waals surface area contributed by atoms with E-state index in [1.165, 1.54) is 5.56 Å². The van der Waals surface area contributed by atoms with Gasteiger partial charge in [-0.3, -0.25) is 4.90 Å². The molecule has 6 rings (SSSR count). The number of fused-ring (bicyclic) bond motifs is 2. The van der Waals surface area contributed by atoms with Crippen LogP contribution in [0.25, 0.3) is 28.0 Å². The van der Waals surface area contributed by atoms with Gasteiger partial charge in [-0.2, -0.15) is 4.39 Å². The lowest BCUT2D eigenvalue weighted by atomic mass is 9.72. The summed E-state index contributed by atoms with van der Waals surface area (Å²) in [7, 11) is 0. The van der Waals surface area contributed by atoms with Crippen LogP contribution in [0.15, 0.2) is 55.1 Å². The maximum absolute atomic E-state index is 15.1. The molecule has 192 valence electrons. The Morgan fingerprint density at radius 3 is 2.32 bits per heavy atom. The van der Waals surface area contributed by atoms with Gasteiger partial charge in [0.15, 0.2) is 0 Å². The fraction of sp³-hybridized carbons (Fsp3) is 0.367. The molecular formula is C30H34FN5O. The van der Waals surface area contributed by atoms with E-state index in [0.717, 1.165) is 66.4 Å². The number of nitrogens with two attached hydrogens (primary N) is 1. The molecule has 0 bridgehead atoms. The van der Waals surface area contributed by atoms with E-state index >= 15 is 4.39 Å².